The zero-order valence-corrected chi connectivity index (χ0v) is 25.4. The molecule has 0 aromatic heterocycles. The first-order chi connectivity index (χ1) is 21.6. The molecule has 2 aromatic rings. The number of carbonyl (C=O) groups excluding carboxylic acids is 5. The number of aryl methyl sites for hydroxylation is 1. The van der Waals surface area contributed by atoms with E-state index in [-0.39, 0.29) is 43.6 Å². The molecule has 1 heterocycles. The van der Waals surface area contributed by atoms with E-state index in [0.717, 1.165) is 23.3 Å². The molecule has 12 nitrogen and oxygen atoms in total. The number of amides is 5. The Bertz CT molecular complexity index is 1460. The molecule has 1 saturated carbocycles. The van der Waals surface area contributed by atoms with Gasteiger partial charge < -0.3 is 30.3 Å². The van der Waals surface area contributed by atoms with E-state index in [1.54, 1.807) is 35.2 Å². The molecule has 3 aliphatic rings. The van der Waals surface area contributed by atoms with E-state index >= 15 is 0 Å². The van der Waals surface area contributed by atoms with E-state index in [1.807, 2.05) is 6.92 Å². The highest BCUT2D eigenvalue weighted by molar-refractivity contribution is 6.06. The molecule has 2 aromatic carbocycles. The van der Waals surface area contributed by atoms with Crippen molar-refractivity contribution in [3.8, 4) is 0 Å². The number of nitrogens with one attached hydrogen (secondary N) is 3. The first-order valence-corrected chi connectivity index (χ1v) is 15.2. The van der Waals surface area contributed by atoms with Crippen molar-refractivity contribution in [2.45, 2.75) is 69.7 Å². The largest absolute Gasteiger partial charge is 0.465 e. The lowest BCUT2D eigenvalue weighted by Crippen LogP contribution is -2.56. The van der Waals surface area contributed by atoms with Gasteiger partial charge in [0.2, 0.25) is 11.5 Å². The predicted octanol–water partition coefficient (Wildman–Crippen LogP) is 3.19. The number of benzene rings is 2. The van der Waals surface area contributed by atoms with Gasteiger partial charge in [0.25, 0.3) is 5.91 Å². The Morgan fingerprint density at radius 1 is 1.13 bits per heavy atom. The van der Waals surface area contributed by atoms with Crippen molar-refractivity contribution in [1.82, 2.24) is 20.4 Å². The van der Waals surface area contributed by atoms with Crippen LogP contribution in [0, 0.1) is 5.82 Å². The summed E-state index contributed by atoms with van der Waals surface area (Å²) in [6.45, 7) is 2.10. The summed E-state index contributed by atoms with van der Waals surface area (Å²) in [7, 11) is 1.50. The molecule has 240 valence electrons. The third-order valence-corrected chi connectivity index (χ3v) is 8.57. The maximum Gasteiger partial charge on any atom is 0.418 e. The molecule has 3 N–H and O–H groups in total. The topological polar surface area (TPSA) is 146 Å². The number of carbonyl (C=O) groups is 5. The molecule has 0 radical (unpaired) electrons. The maximum absolute atomic E-state index is 13.7. The molecule has 1 spiro atoms. The van der Waals surface area contributed by atoms with Gasteiger partial charge in [-0.05, 0) is 61.1 Å². The first kappa shape index (κ1) is 31.9. The zero-order chi connectivity index (χ0) is 32.1. The van der Waals surface area contributed by atoms with Crippen molar-refractivity contribution in [3.05, 3.63) is 65.0 Å². The van der Waals surface area contributed by atoms with Gasteiger partial charge in [0, 0.05) is 43.3 Å². The van der Waals surface area contributed by atoms with Gasteiger partial charge in [0.05, 0.1) is 13.2 Å². The van der Waals surface area contributed by atoms with Crippen LogP contribution in [0.1, 0.15) is 55.7 Å². The smallest absolute Gasteiger partial charge is 0.418 e. The summed E-state index contributed by atoms with van der Waals surface area (Å²) < 4.78 is 24.5. The molecule has 13 heteroatoms. The number of unbranched alkanes of at least 4 members (excludes halogenated alkanes) is 1. The quantitative estimate of drug-likeness (QED) is 0.241. The Morgan fingerprint density at radius 2 is 1.89 bits per heavy atom. The average Bonchev–Trinajstić information content (AvgIpc) is 3.48. The van der Waals surface area contributed by atoms with Crippen molar-refractivity contribution < 1.29 is 37.8 Å². The van der Waals surface area contributed by atoms with Gasteiger partial charge in [-0.2, -0.15) is 0 Å². The number of hydrogen-bond acceptors (Lipinski definition) is 8. The van der Waals surface area contributed by atoms with E-state index in [0.29, 0.717) is 42.7 Å². The van der Waals surface area contributed by atoms with Gasteiger partial charge in [-0.3, -0.25) is 14.4 Å². The number of fused-ring (bicyclic) bond motifs is 2. The normalized spacial score (nSPS) is 21.6. The summed E-state index contributed by atoms with van der Waals surface area (Å²) in [5, 5.41) is 8.32. The lowest BCUT2D eigenvalue weighted by molar-refractivity contribution is -0.145. The lowest BCUT2D eigenvalue weighted by Gasteiger charge is -2.43. The number of halogens is 1. The maximum atomic E-state index is 13.7. The monoisotopic (exact) mass is 623 g/mol. The van der Waals surface area contributed by atoms with E-state index < -0.39 is 35.9 Å². The predicted molar refractivity (Wildman–Crippen MR) is 160 cm³/mol. The zero-order valence-electron chi connectivity index (χ0n) is 25.4. The molecule has 1 aliphatic heterocycles. The minimum absolute atomic E-state index is 0.0170. The number of esters is 1. The number of imide groups is 1. The second-order valence-electron chi connectivity index (χ2n) is 11.6. The van der Waals surface area contributed by atoms with E-state index in [4.69, 9.17) is 9.47 Å². The molecular weight excluding hydrogens is 585 g/mol. The third-order valence-electron chi connectivity index (χ3n) is 8.57. The van der Waals surface area contributed by atoms with E-state index in [9.17, 15) is 28.4 Å². The Hall–Kier alpha value is -4.52. The van der Waals surface area contributed by atoms with Crippen molar-refractivity contribution in [2.75, 3.05) is 32.1 Å². The lowest BCUT2D eigenvalue weighted by atomic mass is 9.85. The van der Waals surface area contributed by atoms with Crippen LogP contribution >= 0.6 is 0 Å². The summed E-state index contributed by atoms with van der Waals surface area (Å²) in [5.74, 6) is -1.80. The van der Waals surface area contributed by atoms with Gasteiger partial charge in [-0.25, -0.2) is 18.9 Å². The standard InChI is InChI=1S/C32H38FN5O7/c1-3-4-13-44-28(40)17-35-24-15-25(16-24)37(18-20-5-7-22(33)8-6-20)27(39)19-38-29(41)32(45-31(38)43)12-11-21-14-23(9-10-26(21)32)36-30(42)34-2/h5-10,14,24-25,35H,3-4,11-13,15-19H2,1-2H3,(H2,34,36,42). The first-order valence-electron chi connectivity index (χ1n) is 15.2. The van der Waals surface area contributed by atoms with Gasteiger partial charge >= 0.3 is 18.1 Å². The molecule has 0 bridgehead atoms. The Morgan fingerprint density at radius 3 is 2.60 bits per heavy atom. The average molecular weight is 624 g/mol. The van der Waals surface area contributed by atoms with Crippen LogP contribution in [0.4, 0.5) is 19.7 Å². The summed E-state index contributed by atoms with van der Waals surface area (Å²) in [6.07, 6.45) is 2.60. The third kappa shape index (κ3) is 6.93. The van der Waals surface area contributed by atoms with Crippen LogP contribution in [0.2, 0.25) is 0 Å². The highest BCUT2D eigenvalue weighted by atomic mass is 19.1. The van der Waals surface area contributed by atoms with Crippen molar-refractivity contribution in [1.29, 1.82) is 0 Å². The van der Waals surface area contributed by atoms with Crippen molar-refractivity contribution in [2.24, 2.45) is 0 Å². The number of urea groups is 1. The minimum atomic E-state index is -1.53. The van der Waals surface area contributed by atoms with Crippen LogP contribution in [-0.2, 0) is 42.4 Å². The summed E-state index contributed by atoms with van der Waals surface area (Å²) in [5.41, 5.74) is 0.989. The van der Waals surface area contributed by atoms with Gasteiger partial charge in [0.1, 0.15) is 12.4 Å². The van der Waals surface area contributed by atoms with Crippen LogP contribution < -0.4 is 16.0 Å². The van der Waals surface area contributed by atoms with Crippen LogP contribution in [-0.4, -0.2) is 78.5 Å². The van der Waals surface area contributed by atoms with Crippen LogP contribution in [0.3, 0.4) is 0 Å². The van der Waals surface area contributed by atoms with Gasteiger partial charge in [0.15, 0.2) is 0 Å². The fraction of sp³-hybridized carbons (Fsp3) is 0.469. The highest BCUT2D eigenvalue weighted by Gasteiger charge is 2.58. The van der Waals surface area contributed by atoms with Crippen molar-refractivity contribution >= 4 is 35.6 Å². The molecule has 2 fully saturated rings. The number of ether oxygens (including phenoxy) is 2. The molecule has 1 atom stereocenters. The van der Waals surface area contributed by atoms with Gasteiger partial charge in [-0.15, -0.1) is 0 Å². The SMILES string of the molecule is CCCCOC(=O)CNC1CC(N(Cc2ccc(F)cc2)C(=O)CN2C(=O)OC3(CCc4cc(NC(=O)NC)ccc43)C2=O)C1. The second-order valence-corrected chi connectivity index (χ2v) is 11.6. The second kappa shape index (κ2) is 13.6. The Kier molecular flexibility index (Phi) is 9.66. The Balaban J connectivity index is 1.26. The summed E-state index contributed by atoms with van der Waals surface area (Å²) in [6, 6.07) is 10.2. The minimum Gasteiger partial charge on any atom is -0.465 e. The molecule has 5 amide bonds. The number of nitrogens with zero attached hydrogens (tertiary/aromatic N) is 2. The van der Waals surface area contributed by atoms with Crippen molar-refractivity contribution in [3.63, 3.8) is 0 Å². The van der Waals surface area contributed by atoms with Gasteiger partial charge in [-0.1, -0.05) is 31.5 Å². The fourth-order valence-electron chi connectivity index (χ4n) is 5.98. The Labute approximate surface area is 260 Å². The number of hydrogen-bond donors (Lipinski definition) is 3. The number of anilines is 1. The molecule has 5 rings (SSSR count). The van der Waals surface area contributed by atoms with Crippen LogP contribution in [0.15, 0.2) is 42.5 Å². The molecule has 45 heavy (non-hydrogen) atoms. The fourth-order valence-corrected chi connectivity index (χ4v) is 5.98. The summed E-state index contributed by atoms with van der Waals surface area (Å²) in [4.78, 5) is 66.7. The van der Waals surface area contributed by atoms with Crippen LogP contribution in [0.25, 0.3) is 0 Å². The molecule has 1 unspecified atom stereocenters. The number of rotatable bonds is 12. The van der Waals surface area contributed by atoms with Crippen LogP contribution in [0.5, 0.6) is 0 Å². The van der Waals surface area contributed by atoms with E-state index in [2.05, 4.69) is 16.0 Å². The molecule has 1 saturated heterocycles. The summed E-state index contributed by atoms with van der Waals surface area (Å²) >= 11 is 0. The molecule has 2 aliphatic carbocycles. The highest BCUT2D eigenvalue weighted by Crippen LogP contribution is 2.46. The van der Waals surface area contributed by atoms with E-state index in [1.165, 1.54) is 19.2 Å². The molecular formula is C32H38FN5O7.